The van der Waals surface area contributed by atoms with Gasteiger partial charge in [0.05, 0.1) is 5.56 Å². The average Bonchev–Trinajstić information content (AvgIpc) is 3.01. The normalized spacial score (nSPS) is 26.1. The maximum absolute atomic E-state index is 14.1. The lowest BCUT2D eigenvalue weighted by molar-refractivity contribution is 0.0559. The van der Waals surface area contributed by atoms with Crippen LogP contribution >= 0.6 is 0 Å². The number of rotatable bonds is 2. The van der Waals surface area contributed by atoms with Crippen LogP contribution in [-0.2, 0) is 0 Å². The molecule has 1 N–H and O–H groups in total. The van der Waals surface area contributed by atoms with Crippen molar-refractivity contribution in [3.63, 3.8) is 0 Å². The molecule has 0 spiro atoms. The van der Waals surface area contributed by atoms with Gasteiger partial charge in [-0.05, 0) is 63.3 Å². The Morgan fingerprint density at radius 1 is 1.29 bits per heavy atom. The SMILES string of the molecule is Cc1ccc(C(=O)N2CCCCC2C2CCCN2)c(F)c1. The molecule has 114 valence electrons. The number of hydrogen-bond donors (Lipinski definition) is 1. The van der Waals surface area contributed by atoms with Gasteiger partial charge in [0.25, 0.3) is 5.91 Å². The number of benzene rings is 1. The van der Waals surface area contributed by atoms with Crippen molar-refractivity contribution >= 4 is 5.91 Å². The number of halogens is 1. The average molecular weight is 290 g/mol. The van der Waals surface area contributed by atoms with Crippen molar-refractivity contribution in [1.82, 2.24) is 10.2 Å². The second-order valence-corrected chi connectivity index (χ2v) is 6.25. The number of nitrogens with one attached hydrogen (secondary N) is 1. The zero-order valence-electron chi connectivity index (χ0n) is 12.6. The summed E-state index contributed by atoms with van der Waals surface area (Å²) in [6, 6.07) is 5.47. The first-order valence-electron chi connectivity index (χ1n) is 7.97. The van der Waals surface area contributed by atoms with E-state index in [1.54, 1.807) is 6.07 Å². The number of piperidine rings is 1. The van der Waals surface area contributed by atoms with Gasteiger partial charge >= 0.3 is 0 Å². The smallest absolute Gasteiger partial charge is 0.257 e. The van der Waals surface area contributed by atoms with Crippen molar-refractivity contribution in [2.24, 2.45) is 0 Å². The summed E-state index contributed by atoms with van der Waals surface area (Å²) in [7, 11) is 0. The van der Waals surface area contributed by atoms with Crippen molar-refractivity contribution in [2.75, 3.05) is 13.1 Å². The van der Waals surface area contributed by atoms with Gasteiger partial charge in [0.15, 0.2) is 0 Å². The first kappa shape index (κ1) is 14.5. The van der Waals surface area contributed by atoms with Crippen LogP contribution in [0.5, 0.6) is 0 Å². The van der Waals surface area contributed by atoms with Crippen molar-refractivity contribution in [1.29, 1.82) is 0 Å². The Bertz CT molecular complexity index is 526. The van der Waals surface area contributed by atoms with Crippen molar-refractivity contribution in [3.8, 4) is 0 Å². The van der Waals surface area contributed by atoms with Gasteiger partial charge < -0.3 is 10.2 Å². The second kappa shape index (κ2) is 6.14. The molecule has 2 heterocycles. The summed E-state index contributed by atoms with van der Waals surface area (Å²) in [6.07, 6.45) is 5.48. The molecule has 3 rings (SSSR count). The summed E-state index contributed by atoms with van der Waals surface area (Å²) >= 11 is 0. The van der Waals surface area contributed by atoms with Crippen molar-refractivity contribution < 1.29 is 9.18 Å². The van der Waals surface area contributed by atoms with Crippen LogP contribution in [0, 0.1) is 12.7 Å². The fraction of sp³-hybridized carbons (Fsp3) is 0.588. The summed E-state index contributed by atoms with van der Waals surface area (Å²) < 4.78 is 14.1. The fourth-order valence-corrected chi connectivity index (χ4v) is 3.62. The molecular weight excluding hydrogens is 267 g/mol. The van der Waals surface area contributed by atoms with Crippen LogP contribution in [0.2, 0.25) is 0 Å². The largest absolute Gasteiger partial charge is 0.334 e. The molecule has 1 amide bonds. The molecule has 2 aliphatic rings. The van der Waals surface area contributed by atoms with E-state index in [1.807, 2.05) is 17.9 Å². The molecule has 0 aromatic heterocycles. The lowest BCUT2D eigenvalue weighted by atomic mass is 9.93. The van der Waals surface area contributed by atoms with E-state index in [1.165, 1.54) is 12.5 Å². The number of nitrogens with zero attached hydrogens (tertiary/aromatic N) is 1. The van der Waals surface area contributed by atoms with Gasteiger partial charge in [0.2, 0.25) is 0 Å². The van der Waals surface area contributed by atoms with Gasteiger partial charge in [-0.1, -0.05) is 6.07 Å². The lowest BCUT2D eigenvalue weighted by Gasteiger charge is -2.39. The Morgan fingerprint density at radius 3 is 2.86 bits per heavy atom. The number of hydrogen-bond acceptors (Lipinski definition) is 2. The first-order valence-corrected chi connectivity index (χ1v) is 7.97. The Balaban J connectivity index is 1.83. The Hall–Kier alpha value is -1.42. The Labute approximate surface area is 125 Å². The van der Waals surface area contributed by atoms with Crippen LogP contribution < -0.4 is 5.32 Å². The topological polar surface area (TPSA) is 32.3 Å². The molecule has 1 aromatic rings. The van der Waals surface area contributed by atoms with E-state index >= 15 is 0 Å². The molecule has 2 fully saturated rings. The third-order valence-corrected chi connectivity index (χ3v) is 4.73. The highest BCUT2D eigenvalue weighted by atomic mass is 19.1. The van der Waals surface area contributed by atoms with Gasteiger partial charge in [-0.15, -0.1) is 0 Å². The van der Waals surface area contributed by atoms with Crippen LogP contribution in [0.15, 0.2) is 18.2 Å². The molecule has 0 saturated carbocycles. The number of amides is 1. The quantitative estimate of drug-likeness (QED) is 0.908. The van der Waals surface area contributed by atoms with Crippen molar-refractivity contribution in [2.45, 2.75) is 51.1 Å². The molecule has 1 aromatic carbocycles. The van der Waals surface area contributed by atoms with Crippen LogP contribution in [-0.4, -0.2) is 36.0 Å². The lowest BCUT2D eigenvalue weighted by Crippen LogP contribution is -2.52. The van der Waals surface area contributed by atoms with Gasteiger partial charge in [0.1, 0.15) is 5.82 Å². The molecule has 0 bridgehead atoms. The summed E-state index contributed by atoms with van der Waals surface area (Å²) in [5, 5.41) is 3.50. The third kappa shape index (κ3) is 2.95. The third-order valence-electron chi connectivity index (χ3n) is 4.73. The van der Waals surface area contributed by atoms with Crippen molar-refractivity contribution in [3.05, 3.63) is 35.1 Å². The number of carbonyl (C=O) groups is 1. The van der Waals surface area contributed by atoms with E-state index < -0.39 is 5.82 Å². The summed E-state index contributed by atoms with van der Waals surface area (Å²) in [5.74, 6) is -0.547. The van der Waals surface area contributed by atoms with Crippen LogP contribution in [0.25, 0.3) is 0 Å². The van der Waals surface area contributed by atoms with Gasteiger partial charge in [-0.25, -0.2) is 4.39 Å². The highest BCUT2D eigenvalue weighted by molar-refractivity contribution is 5.94. The number of likely N-dealkylation sites (tertiary alicyclic amines) is 1. The molecule has 2 atom stereocenters. The van der Waals surface area contributed by atoms with Crippen LogP contribution in [0.4, 0.5) is 4.39 Å². The fourth-order valence-electron chi connectivity index (χ4n) is 3.62. The zero-order chi connectivity index (χ0) is 14.8. The molecule has 2 unspecified atom stereocenters. The zero-order valence-corrected chi connectivity index (χ0v) is 12.6. The molecule has 2 saturated heterocycles. The molecule has 2 aliphatic heterocycles. The maximum Gasteiger partial charge on any atom is 0.257 e. The van der Waals surface area contributed by atoms with Crippen LogP contribution in [0.3, 0.4) is 0 Å². The van der Waals surface area contributed by atoms with E-state index in [0.29, 0.717) is 6.04 Å². The van der Waals surface area contributed by atoms with E-state index in [9.17, 15) is 9.18 Å². The maximum atomic E-state index is 14.1. The molecular formula is C17H23FN2O. The van der Waals surface area contributed by atoms with E-state index in [2.05, 4.69) is 5.32 Å². The van der Waals surface area contributed by atoms with E-state index in [0.717, 1.165) is 44.3 Å². The van der Waals surface area contributed by atoms with Gasteiger partial charge in [-0.2, -0.15) is 0 Å². The number of carbonyl (C=O) groups excluding carboxylic acids is 1. The Kier molecular flexibility index (Phi) is 4.24. The summed E-state index contributed by atoms with van der Waals surface area (Å²) in [6.45, 7) is 3.61. The van der Waals surface area contributed by atoms with Gasteiger partial charge in [0, 0.05) is 18.6 Å². The molecule has 0 radical (unpaired) electrons. The first-order chi connectivity index (χ1) is 10.2. The van der Waals surface area contributed by atoms with E-state index in [-0.39, 0.29) is 17.5 Å². The minimum absolute atomic E-state index is 0.147. The Morgan fingerprint density at radius 2 is 2.14 bits per heavy atom. The van der Waals surface area contributed by atoms with Gasteiger partial charge in [-0.3, -0.25) is 4.79 Å². The summed E-state index contributed by atoms with van der Waals surface area (Å²) in [5.41, 5.74) is 1.06. The standard InChI is InChI=1S/C17H23FN2O/c1-12-7-8-13(14(18)11-12)17(21)20-10-3-2-6-16(20)15-5-4-9-19-15/h7-8,11,15-16,19H,2-6,9-10H2,1H3. The minimum Gasteiger partial charge on any atom is -0.334 e. The molecule has 3 nitrogen and oxygen atoms in total. The predicted molar refractivity (Wildman–Crippen MR) is 80.8 cm³/mol. The second-order valence-electron chi connectivity index (χ2n) is 6.25. The number of aryl methyl sites for hydroxylation is 1. The summed E-state index contributed by atoms with van der Waals surface area (Å²) in [4.78, 5) is 14.7. The molecule has 4 heteroatoms. The minimum atomic E-state index is -0.399. The predicted octanol–water partition coefficient (Wildman–Crippen LogP) is 2.88. The molecule has 0 aliphatic carbocycles. The molecule has 21 heavy (non-hydrogen) atoms. The highest BCUT2D eigenvalue weighted by Gasteiger charge is 2.35. The van der Waals surface area contributed by atoms with E-state index in [4.69, 9.17) is 0 Å². The van der Waals surface area contributed by atoms with Crippen LogP contribution in [0.1, 0.15) is 48.0 Å². The monoisotopic (exact) mass is 290 g/mol. The highest BCUT2D eigenvalue weighted by Crippen LogP contribution is 2.26.